The fourth-order valence-electron chi connectivity index (χ4n) is 2.88. The van der Waals surface area contributed by atoms with Crippen LogP contribution < -0.4 is 14.4 Å². The molecule has 136 valence electrons. The molecule has 26 heavy (non-hydrogen) atoms. The molecule has 0 atom stereocenters. The number of imidazole rings is 1. The van der Waals surface area contributed by atoms with Crippen LogP contribution in [-0.4, -0.2) is 42.1 Å². The maximum Gasteiger partial charge on any atom is 0.150 e. The maximum atomic E-state index is 5.75. The number of hydrogen-bond donors (Lipinski definition) is 1. The van der Waals surface area contributed by atoms with Gasteiger partial charge in [-0.25, -0.2) is 4.98 Å². The molecule has 1 N–H and O–H groups in total. The zero-order chi connectivity index (χ0) is 18.7. The summed E-state index contributed by atoms with van der Waals surface area (Å²) in [5.74, 6) is 2.10. The van der Waals surface area contributed by atoms with Gasteiger partial charge >= 0.3 is 0 Å². The fraction of sp³-hybridized carbons (Fsp3) is 0.300. The topological polar surface area (TPSA) is 50.4 Å². The van der Waals surface area contributed by atoms with Crippen LogP contribution in [0.3, 0.4) is 0 Å². The zero-order valence-corrected chi connectivity index (χ0v) is 16.3. The number of aromatic nitrogens is 2. The van der Waals surface area contributed by atoms with E-state index < -0.39 is 0 Å². The second kappa shape index (κ2) is 7.74. The lowest BCUT2D eigenvalue weighted by Crippen LogP contribution is -2.14. The van der Waals surface area contributed by atoms with E-state index in [2.05, 4.69) is 4.98 Å². The molecule has 0 bridgehead atoms. The van der Waals surface area contributed by atoms with Crippen LogP contribution >= 0.6 is 12.2 Å². The third-order valence-electron chi connectivity index (χ3n) is 4.01. The summed E-state index contributed by atoms with van der Waals surface area (Å²) in [7, 11) is 4.00. The number of fused-ring (bicyclic) bond motifs is 1. The van der Waals surface area contributed by atoms with E-state index in [1.807, 2.05) is 69.2 Å². The Hall–Kier alpha value is -2.60. The van der Waals surface area contributed by atoms with Gasteiger partial charge in [-0.1, -0.05) is 30.4 Å². The summed E-state index contributed by atoms with van der Waals surface area (Å²) in [5.41, 5.74) is 3.55. The molecule has 0 saturated heterocycles. The van der Waals surface area contributed by atoms with Gasteiger partial charge in [0.15, 0.2) is 0 Å². The number of rotatable bonds is 7. The van der Waals surface area contributed by atoms with Crippen molar-refractivity contribution in [1.29, 1.82) is 0 Å². The van der Waals surface area contributed by atoms with Gasteiger partial charge in [0.25, 0.3) is 0 Å². The van der Waals surface area contributed by atoms with Gasteiger partial charge in [-0.05, 0) is 32.0 Å². The molecule has 0 aliphatic rings. The Kier molecular flexibility index (Phi) is 5.42. The van der Waals surface area contributed by atoms with Crippen LogP contribution in [0.15, 0.2) is 36.4 Å². The lowest BCUT2D eigenvalue weighted by atomic mass is 10.1. The van der Waals surface area contributed by atoms with Crippen molar-refractivity contribution < 1.29 is 9.47 Å². The number of thiocarbonyl (C=S) groups is 1. The minimum atomic E-state index is 0.569. The third-order valence-corrected chi connectivity index (χ3v) is 4.43. The molecule has 6 heteroatoms. The minimum absolute atomic E-state index is 0.569. The predicted octanol–water partition coefficient (Wildman–Crippen LogP) is 4.19. The molecule has 2 aromatic carbocycles. The van der Waals surface area contributed by atoms with Gasteiger partial charge < -0.3 is 19.4 Å². The molecule has 0 saturated carbocycles. The zero-order valence-electron chi connectivity index (χ0n) is 15.5. The summed E-state index contributed by atoms with van der Waals surface area (Å²) in [6.45, 7) is 5.05. The maximum absolute atomic E-state index is 5.75. The monoisotopic (exact) mass is 369 g/mol. The molecule has 3 rings (SSSR count). The van der Waals surface area contributed by atoms with Crippen molar-refractivity contribution in [3.63, 3.8) is 0 Å². The highest BCUT2D eigenvalue weighted by atomic mass is 32.1. The Morgan fingerprint density at radius 1 is 1.04 bits per heavy atom. The minimum Gasteiger partial charge on any atom is -0.492 e. The molecule has 0 fully saturated rings. The summed E-state index contributed by atoms with van der Waals surface area (Å²) in [6, 6.07) is 11.8. The average Bonchev–Trinajstić information content (AvgIpc) is 3.09. The normalized spacial score (nSPS) is 10.8. The van der Waals surface area contributed by atoms with Gasteiger partial charge in [-0.15, -0.1) is 0 Å². The van der Waals surface area contributed by atoms with Crippen LogP contribution in [0.1, 0.15) is 25.2 Å². The largest absolute Gasteiger partial charge is 0.492 e. The highest BCUT2D eigenvalue weighted by Gasteiger charge is 2.18. The second-order valence-corrected chi connectivity index (χ2v) is 6.39. The van der Waals surface area contributed by atoms with Crippen LogP contribution in [0.2, 0.25) is 0 Å². The Balaban J connectivity index is 2.12. The first-order chi connectivity index (χ1) is 12.6. The number of benzene rings is 2. The van der Waals surface area contributed by atoms with E-state index in [0.29, 0.717) is 23.9 Å². The van der Waals surface area contributed by atoms with Crippen LogP contribution in [0.5, 0.6) is 11.5 Å². The number of nitrogens with one attached hydrogen (secondary N) is 1. The predicted molar refractivity (Wildman–Crippen MR) is 110 cm³/mol. The molecule has 0 spiro atoms. The van der Waals surface area contributed by atoms with E-state index in [1.165, 1.54) is 0 Å². The highest BCUT2D eigenvalue weighted by Crippen LogP contribution is 2.33. The van der Waals surface area contributed by atoms with Crippen molar-refractivity contribution in [1.82, 2.24) is 9.97 Å². The standard InChI is InChI=1S/C20H23N3O2S/c1-5-24-15-11-12-16(25-6-2)18-17(15)21-20(22-18)19(26)13-9-7-8-10-14(13)23(3)4/h7-12H,5-6H2,1-4H3,(H,21,22). The summed E-state index contributed by atoms with van der Waals surface area (Å²) in [5, 5.41) is 0. The van der Waals surface area contributed by atoms with Crippen LogP contribution in [-0.2, 0) is 0 Å². The van der Waals surface area contributed by atoms with E-state index in [-0.39, 0.29) is 0 Å². The highest BCUT2D eigenvalue weighted by molar-refractivity contribution is 7.81. The first-order valence-corrected chi connectivity index (χ1v) is 9.07. The smallest absolute Gasteiger partial charge is 0.150 e. The number of nitrogens with zero attached hydrogens (tertiary/aromatic N) is 2. The number of aromatic amines is 1. The number of ether oxygens (including phenoxy) is 2. The first-order valence-electron chi connectivity index (χ1n) is 8.66. The Bertz CT molecular complexity index is 891. The summed E-state index contributed by atoms with van der Waals surface area (Å²) in [6.07, 6.45) is 0. The van der Waals surface area contributed by atoms with Crippen molar-refractivity contribution in [2.75, 3.05) is 32.2 Å². The number of para-hydroxylation sites is 1. The third kappa shape index (κ3) is 3.37. The van der Waals surface area contributed by atoms with E-state index in [4.69, 9.17) is 26.7 Å². The second-order valence-electron chi connectivity index (χ2n) is 5.98. The van der Waals surface area contributed by atoms with Gasteiger partial charge in [-0.3, -0.25) is 0 Å². The molecule has 1 aromatic heterocycles. The summed E-state index contributed by atoms with van der Waals surface area (Å²) < 4.78 is 11.5. The lowest BCUT2D eigenvalue weighted by molar-refractivity contribution is 0.336. The Morgan fingerprint density at radius 2 is 1.69 bits per heavy atom. The van der Waals surface area contributed by atoms with Crippen LogP contribution in [0.4, 0.5) is 5.69 Å². The van der Waals surface area contributed by atoms with Gasteiger partial charge in [-0.2, -0.15) is 0 Å². The molecular formula is C20H23N3O2S. The van der Waals surface area contributed by atoms with Gasteiger partial charge in [0.2, 0.25) is 0 Å². The fourth-order valence-corrected chi connectivity index (χ4v) is 3.15. The van der Waals surface area contributed by atoms with Gasteiger partial charge in [0.1, 0.15) is 28.4 Å². The first kappa shape index (κ1) is 18.2. The number of H-pyrrole nitrogens is 1. The molecule has 1 heterocycles. The lowest BCUT2D eigenvalue weighted by Gasteiger charge is -2.17. The molecule has 0 aliphatic carbocycles. The quantitative estimate of drug-likeness (QED) is 0.500. The van der Waals surface area contributed by atoms with Crippen molar-refractivity contribution >= 4 is 33.8 Å². The number of hydrogen-bond acceptors (Lipinski definition) is 5. The Labute approximate surface area is 158 Å². The van der Waals surface area contributed by atoms with Gasteiger partial charge in [0, 0.05) is 25.3 Å². The van der Waals surface area contributed by atoms with Crippen molar-refractivity contribution in [2.24, 2.45) is 0 Å². The molecule has 0 radical (unpaired) electrons. The SMILES string of the molecule is CCOc1ccc(OCC)c2[nH]c(C(=S)c3ccccc3N(C)C)nc12. The molecule has 0 aliphatic heterocycles. The molecule has 5 nitrogen and oxygen atoms in total. The molecule has 3 aromatic rings. The molecular weight excluding hydrogens is 346 g/mol. The van der Waals surface area contributed by atoms with E-state index in [1.54, 1.807) is 0 Å². The molecule has 0 amide bonds. The van der Waals surface area contributed by atoms with E-state index >= 15 is 0 Å². The van der Waals surface area contributed by atoms with Crippen molar-refractivity contribution in [3.05, 3.63) is 47.8 Å². The van der Waals surface area contributed by atoms with Crippen molar-refractivity contribution in [3.8, 4) is 11.5 Å². The van der Waals surface area contributed by atoms with Crippen LogP contribution in [0.25, 0.3) is 11.0 Å². The summed E-state index contributed by atoms with van der Waals surface area (Å²) in [4.78, 5) is 10.8. The van der Waals surface area contributed by atoms with E-state index in [0.717, 1.165) is 33.8 Å². The van der Waals surface area contributed by atoms with Gasteiger partial charge in [0.05, 0.1) is 18.1 Å². The van der Waals surface area contributed by atoms with Crippen molar-refractivity contribution in [2.45, 2.75) is 13.8 Å². The van der Waals surface area contributed by atoms with E-state index in [9.17, 15) is 0 Å². The van der Waals surface area contributed by atoms with Crippen LogP contribution in [0, 0.1) is 0 Å². The average molecular weight is 369 g/mol. The number of anilines is 1. The summed E-state index contributed by atoms with van der Waals surface area (Å²) >= 11 is 5.75. The molecule has 0 unspecified atom stereocenters. The Morgan fingerprint density at radius 3 is 2.38 bits per heavy atom.